The molecule has 0 fully saturated rings. The lowest BCUT2D eigenvalue weighted by molar-refractivity contribution is -0.382. The van der Waals surface area contributed by atoms with Crippen LogP contribution in [0.15, 0.2) is 0 Å². The van der Waals surface area contributed by atoms with Gasteiger partial charge >= 0.3 is 0 Å². The van der Waals surface area contributed by atoms with Gasteiger partial charge in [-0.15, -0.1) is 0 Å². The van der Waals surface area contributed by atoms with E-state index in [0.29, 0.717) is 0 Å². The second kappa shape index (κ2) is 8.98. The molecule has 2 atom stereocenters. The number of hydrogen-bond acceptors (Lipinski definition) is 4. The first-order valence-corrected chi connectivity index (χ1v) is 7.72. The van der Waals surface area contributed by atoms with E-state index in [4.69, 9.17) is 19.6 Å². The van der Waals surface area contributed by atoms with Crippen molar-refractivity contribution in [1.29, 1.82) is 0 Å². The van der Waals surface area contributed by atoms with Crippen molar-refractivity contribution >= 4 is 0 Å². The molecule has 0 saturated heterocycles. The zero-order valence-corrected chi connectivity index (χ0v) is 14.6. The average Bonchev–Trinajstić information content (AvgIpc) is 2.28. The molecule has 122 valence electrons. The van der Waals surface area contributed by atoms with Crippen LogP contribution in [0.3, 0.4) is 0 Å². The van der Waals surface area contributed by atoms with Crippen molar-refractivity contribution in [3.63, 3.8) is 0 Å². The molecular weight excluding hydrogens is 256 g/mol. The van der Waals surface area contributed by atoms with Gasteiger partial charge in [0.1, 0.15) is 0 Å². The van der Waals surface area contributed by atoms with Gasteiger partial charge < -0.3 is 0 Å². The maximum atomic E-state index is 5.55. The Morgan fingerprint density at radius 1 is 0.750 bits per heavy atom. The Morgan fingerprint density at radius 3 is 1.70 bits per heavy atom. The van der Waals surface area contributed by atoms with Crippen molar-refractivity contribution in [2.75, 3.05) is 0 Å². The normalized spacial score (nSPS) is 16.2. The largest absolute Gasteiger partial charge is 0.233 e. The molecule has 0 aliphatic rings. The molecule has 0 radical (unpaired) electrons. The highest BCUT2D eigenvalue weighted by Gasteiger charge is 2.19. The average molecular weight is 290 g/mol. The van der Waals surface area contributed by atoms with E-state index in [1.807, 2.05) is 48.5 Å². The van der Waals surface area contributed by atoms with E-state index in [9.17, 15) is 0 Å². The molecule has 2 unspecified atom stereocenters. The molecule has 0 aromatic heterocycles. The van der Waals surface area contributed by atoms with Crippen molar-refractivity contribution in [2.24, 2.45) is 0 Å². The Balaban J connectivity index is 4.00. The van der Waals surface area contributed by atoms with Crippen LogP contribution in [0.4, 0.5) is 0 Å². The van der Waals surface area contributed by atoms with Gasteiger partial charge in [0.25, 0.3) is 0 Å². The summed E-state index contributed by atoms with van der Waals surface area (Å²) >= 11 is 0. The molecule has 0 heterocycles. The van der Waals surface area contributed by atoms with Crippen molar-refractivity contribution in [3.05, 3.63) is 0 Å². The van der Waals surface area contributed by atoms with E-state index in [1.54, 1.807) is 0 Å². The van der Waals surface area contributed by atoms with Crippen LogP contribution in [0.25, 0.3) is 0 Å². The van der Waals surface area contributed by atoms with E-state index < -0.39 is 0 Å². The van der Waals surface area contributed by atoms with Crippen molar-refractivity contribution < 1.29 is 19.6 Å². The maximum absolute atomic E-state index is 5.55. The van der Waals surface area contributed by atoms with Crippen LogP contribution >= 0.6 is 0 Å². The fourth-order valence-electron chi connectivity index (χ4n) is 1.47. The topological polar surface area (TPSA) is 36.9 Å². The van der Waals surface area contributed by atoms with Crippen molar-refractivity contribution in [1.82, 2.24) is 0 Å². The second-order valence-electron chi connectivity index (χ2n) is 7.38. The van der Waals surface area contributed by atoms with Gasteiger partial charge in [0.05, 0.1) is 23.4 Å². The third kappa shape index (κ3) is 12.9. The summed E-state index contributed by atoms with van der Waals surface area (Å²) in [6.45, 7) is 16.0. The zero-order valence-electron chi connectivity index (χ0n) is 14.6. The minimum atomic E-state index is -0.275. The summed E-state index contributed by atoms with van der Waals surface area (Å²) in [4.78, 5) is 21.7. The standard InChI is InChI=1S/C16H34O4/c1-9-10-14(18-20-16(6,7)8)12-11-13(2)17-19-15(3,4)5/h13-14H,9-12H2,1-8H3. The molecule has 0 aromatic rings. The number of hydrogen-bond donors (Lipinski definition) is 0. The molecule has 4 nitrogen and oxygen atoms in total. The fourth-order valence-corrected chi connectivity index (χ4v) is 1.47. The highest BCUT2D eigenvalue weighted by Crippen LogP contribution is 2.18. The Hall–Kier alpha value is -0.160. The lowest BCUT2D eigenvalue weighted by Gasteiger charge is -2.25. The molecule has 0 saturated carbocycles. The van der Waals surface area contributed by atoms with Crippen LogP contribution in [0.1, 0.15) is 81.1 Å². The second-order valence-corrected chi connectivity index (χ2v) is 7.38. The van der Waals surface area contributed by atoms with E-state index in [-0.39, 0.29) is 23.4 Å². The quantitative estimate of drug-likeness (QED) is 0.451. The predicted molar refractivity (Wildman–Crippen MR) is 81.2 cm³/mol. The first kappa shape index (κ1) is 19.8. The summed E-state index contributed by atoms with van der Waals surface area (Å²) in [5.41, 5.74) is -0.549. The first-order chi connectivity index (χ1) is 9.03. The molecule has 20 heavy (non-hydrogen) atoms. The molecule has 0 spiro atoms. The number of rotatable bonds is 9. The van der Waals surface area contributed by atoms with Gasteiger partial charge in [-0.1, -0.05) is 13.3 Å². The maximum Gasteiger partial charge on any atom is 0.0952 e. The molecular formula is C16H34O4. The molecule has 0 amide bonds. The first-order valence-electron chi connectivity index (χ1n) is 7.72. The summed E-state index contributed by atoms with van der Waals surface area (Å²) in [7, 11) is 0. The minimum Gasteiger partial charge on any atom is -0.233 e. The lowest BCUT2D eigenvalue weighted by Crippen LogP contribution is -2.26. The molecule has 0 bridgehead atoms. The van der Waals surface area contributed by atoms with E-state index in [1.165, 1.54) is 0 Å². The van der Waals surface area contributed by atoms with Crippen LogP contribution in [-0.2, 0) is 19.6 Å². The highest BCUT2D eigenvalue weighted by molar-refractivity contribution is 4.61. The van der Waals surface area contributed by atoms with Crippen molar-refractivity contribution in [2.45, 2.75) is 104 Å². The Labute approximate surface area is 125 Å². The Bertz CT molecular complexity index is 240. The van der Waals surface area contributed by atoms with Crippen LogP contribution in [0.5, 0.6) is 0 Å². The summed E-state index contributed by atoms with van der Waals surface area (Å²) in [6.07, 6.45) is 4.01. The van der Waals surface area contributed by atoms with E-state index in [0.717, 1.165) is 25.7 Å². The van der Waals surface area contributed by atoms with Crippen LogP contribution < -0.4 is 0 Å². The minimum absolute atomic E-state index is 0.0480. The van der Waals surface area contributed by atoms with Gasteiger partial charge in [0.15, 0.2) is 0 Å². The van der Waals surface area contributed by atoms with E-state index in [2.05, 4.69) is 6.92 Å². The Morgan fingerprint density at radius 2 is 1.25 bits per heavy atom. The third-order valence-corrected chi connectivity index (χ3v) is 2.40. The van der Waals surface area contributed by atoms with Crippen molar-refractivity contribution in [3.8, 4) is 0 Å². The molecule has 0 aliphatic heterocycles. The van der Waals surface area contributed by atoms with Gasteiger partial charge in [-0.3, -0.25) is 0 Å². The van der Waals surface area contributed by atoms with Gasteiger partial charge in [0.2, 0.25) is 0 Å². The molecule has 0 rings (SSSR count). The zero-order chi connectivity index (χ0) is 15.8. The smallest absolute Gasteiger partial charge is 0.0952 e. The van der Waals surface area contributed by atoms with Gasteiger partial charge in [-0.05, 0) is 67.7 Å². The predicted octanol–water partition coefficient (Wildman–Crippen LogP) is 4.82. The summed E-state index contributed by atoms with van der Waals surface area (Å²) in [6, 6.07) is 0. The van der Waals surface area contributed by atoms with Gasteiger partial charge in [-0.2, -0.15) is 0 Å². The fraction of sp³-hybridized carbons (Fsp3) is 1.00. The SMILES string of the molecule is CCCC(CCC(C)OOC(C)(C)C)OOC(C)(C)C. The molecule has 4 heteroatoms. The van der Waals surface area contributed by atoms with Gasteiger partial charge in [-0.25, -0.2) is 19.6 Å². The van der Waals surface area contributed by atoms with Crippen LogP contribution in [0, 0.1) is 0 Å². The monoisotopic (exact) mass is 290 g/mol. The summed E-state index contributed by atoms with van der Waals surface area (Å²) in [5, 5.41) is 0. The lowest BCUT2D eigenvalue weighted by atomic mass is 10.1. The summed E-state index contributed by atoms with van der Waals surface area (Å²) < 4.78 is 0. The highest BCUT2D eigenvalue weighted by atomic mass is 17.2. The van der Waals surface area contributed by atoms with Gasteiger partial charge in [0, 0.05) is 0 Å². The molecule has 0 aliphatic carbocycles. The van der Waals surface area contributed by atoms with E-state index >= 15 is 0 Å². The summed E-state index contributed by atoms with van der Waals surface area (Å²) in [5.74, 6) is 0. The van der Waals surface area contributed by atoms with Crippen LogP contribution in [-0.4, -0.2) is 23.4 Å². The molecule has 0 N–H and O–H groups in total. The van der Waals surface area contributed by atoms with Crippen LogP contribution in [0.2, 0.25) is 0 Å². The Kier molecular flexibility index (Phi) is 8.91. The third-order valence-electron chi connectivity index (χ3n) is 2.40. The molecule has 0 aromatic carbocycles.